The quantitative estimate of drug-likeness (QED) is 0.753. The van der Waals surface area contributed by atoms with Gasteiger partial charge >= 0.3 is 0 Å². The molecule has 1 aromatic carbocycles. The lowest BCUT2D eigenvalue weighted by Crippen LogP contribution is -2.04. The number of rotatable bonds is 2. The molecule has 0 fully saturated rings. The van der Waals surface area contributed by atoms with Crippen LogP contribution >= 0.6 is 0 Å². The minimum absolute atomic E-state index is 0.0740. The number of carbonyl (C=O) groups is 1. The van der Waals surface area contributed by atoms with Crippen molar-refractivity contribution >= 4 is 5.78 Å². The van der Waals surface area contributed by atoms with E-state index < -0.39 is 0 Å². The first-order chi connectivity index (χ1) is 7.65. The van der Waals surface area contributed by atoms with Gasteiger partial charge < -0.3 is 4.74 Å². The molecular formula is C14H12O2. The fraction of sp³-hybridized carbons (Fsp3) is 0.0714. The highest BCUT2D eigenvalue weighted by Crippen LogP contribution is 2.21. The molecule has 1 aliphatic rings. The largest absolute Gasteiger partial charge is 0.457 e. The van der Waals surface area contributed by atoms with Crippen molar-refractivity contribution < 1.29 is 9.53 Å². The Morgan fingerprint density at radius 1 is 1.25 bits per heavy atom. The van der Waals surface area contributed by atoms with Crippen LogP contribution in [0.1, 0.15) is 5.56 Å². The Labute approximate surface area is 94.6 Å². The molecule has 0 saturated heterocycles. The molecule has 0 aliphatic heterocycles. The number of benzene rings is 1. The number of ketones is 1. The Morgan fingerprint density at radius 2 is 2.06 bits per heavy atom. The Bertz CT molecular complexity index is 507. The fourth-order valence-corrected chi connectivity index (χ4v) is 1.44. The lowest BCUT2D eigenvalue weighted by atomic mass is 10.1. The van der Waals surface area contributed by atoms with E-state index in [4.69, 9.17) is 4.74 Å². The van der Waals surface area contributed by atoms with Crippen molar-refractivity contribution in [2.24, 2.45) is 0 Å². The van der Waals surface area contributed by atoms with Crippen molar-refractivity contribution in [2.75, 3.05) is 0 Å². The molecule has 0 heterocycles. The molecule has 0 bridgehead atoms. The minimum atomic E-state index is -0.0740. The second-order valence-corrected chi connectivity index (χ2v) is 3.69. The third-order valence-corrected chi connectivity index (χ3v) is 2.26. The summed E-state index contributed by atoms with van der Waals surface area (Å²) in [5, 5.41) is 0. The fourth-order valence-electron chi connectivity index (χ4n) is 1.44. The number of ether oxygens (including phenoxy) is 1. The number of aryl methyl sites for hydroxylation is 1. The maximum atomic E-state index is 11.2. The normalized spacial score (nSPS) is 14.9. The molecule has 16 heavy (non-hydrogen) atoms. The molecule has 1 aliphatic carbocycles. The summed E-state index contributed by atoms with van der Waals surface area (Å²) in [6.07, 6.45) is 4.59. The van der Waals surface area contributed by atoms with Crippen molar-refractivity contribution in [3.63, 3.8) is 0 Å². The summed E-state index contributed by atoms with van der Waals surface area (Å²) in [5.74, 6) is 1.16. The molecule has 0 N–H and O–H groups in total. The Kier molecular flexibility index (Phi) is 2.73. The molecule has 0 unspecified atom stereocenters. The third-order valence-electron chi connectivity index (χ3n) is 2.26. The van der Waals surface area contributed by atoms with Crippen LogP contribution in [-0.4, -0.2) is 5.78 Å². The van der Waals surface area contributed by atoms with Crippen LogP contribution in [0, 0.1) is 6.92 Å². The monoisotopic (exact) mass is 212 g/mol. The van der Waals surface area contributed by atoms with Crippen LogP contribution in [0.3, 0.4) is 0 Å². The van der Waals surface area contributed by atoms with Crippen molar-refractivity contribution in [3.8, 4) is 5.75 Å². The first-order valence-corrected chi connectivity index (χ1v) is 5.03. The van der Waals surface area contributed by atoms with E-state index in [0.29, 0.717) is 11.3 Å². The highest BCUT2D eigenvalue weighted by atomic mass is 16.5. The Morgan fingerprint density at radius 3 is 2.81 bits per heavy atom. The summed E-state index contributed by atoms with van der Waals surface area (Å²) in [6, 6.07) is 7.66. The molecule has 2 heteroatoms. The summed E-state index contributed by atoms with van der Waals surface area (Å²) in [5.41, 5.74) is 1.82. The molecule has 1 aromatic rings. The third kappa shape index (κ3) is 2.28. The van der Waals surface area contributed by atoms with Crippen molar-refractivity contribution in [1.82, 2.24) is 0 Å². The van der Waals surface area contributed by atoms with Gasteiger partial charge in [-0.25, -0.2) is 0 Å². The molecule has 0 radical (unpaired) electrons. The summed E-state index contributed by atoms with van der Waals surface area (Å²) in [7, 11) is 0. The molecule has 80 valence electrons. The van der Waals surface area contributed by atoms with E-state index in [1.54, 1.807) is 6.08 Å². The van der Waals surface area contributed by atoms with Gasteiger partial charge in [-0.1, -0.05) is 18.7 Å². The van der Waals surface area contributed by atoms with Crippen LogP contribution in [0.4, 0.5) is 0 Å². The van der Waals surface area contributed by atoms with Crippen molar-refractivity contribution in [3.05, 3.63) is 66.0 Å². The number of hydrogen-bond donors (Lipinski definition) is 0. The number of hydrogen-bond acceptors (Lipinski definition) is 2. The zero-order valence-corrected chi connectivity index (χ0v) is 9.07. The van der Waals surface area contributed by atoms with E-state index in [-0.39, 0.29) is 5.78 Å². The van der Waals surface area contributed by atoms with Gasteiger partial charge in [-0.3, -0.25) is 4.79 Å². The smallest absolute Gasteiger partial charge is 0.182 e. The average molecular weight is 212 g/mol. The summed E-state index contributed by atoms with van der Waals surface area (Å²) in [4.78, 5) is 11.2. The van der Waals surface area contributed by atoms with E-state index in [2.05, 4.69) is 6.58 Å². The second-order valence-electron chi connectivity index (χ2n) is 3.69. The Hall–Kier alpha value is -2.09. The van der Waals surface area contributed by atoms with Gasteiger partial charge in [0.2, 0.25) is 0 Å². The predicted octanol–water partition coefficient (Wildman–Crippen LogP) is 2.95. The first-order valence-electron chi connectivity index (χ1n) is 5.03. The molecular weight excluding hydrogens is 200 g/mol. The van der Waals surface area contributed by atoms with E-state index in [0.717, 1.165) is 11.3 Å². The summed E-state index contributed by atoms with van der Waals surface area (Å²) in [6.45, 7) is 5.80. The van der Waals surface area contributed by atoms with E-state index in [1.807, 2.05) is 31.2 Å². The molecule has 0 spiro atoms. The van der Waals surface area contributed by atoms with Crippen LogP contribution < -0.4 is 4.74 Å². The predicted molar refractivity (Wildman–Crippen MR) is 63.2 cm³/mol. The first kappa shape index (κ1) is 10.4. The van der Waals surface area contributed by atoms with Gasteiger partial charge in [0.05, 0.1) is 0 Å². The molecule has 2 rings (SSSR count). The van der Waals surface area contributed by atoms with E-state index in [1.165, 1.54) is 12.2 Å². The van der Waals surface area contributed by atoms with E-state index >= 15 is 0 Å². The van der Waals surface area contributed by atoms with Gasteiger partial charge in [0.25, 0.3) is 0 Å². The Balaban J connectivity index is 2.22. The maximum Gasteiger partial charge on any atom is 0.182 e. The zero-order chi connectivity index (χ0) is 11.5. The second kappa shape index (κ2) is 4.19. The molecule has 0 amide bonds. The van der Waals surface area contributed by atoms with Crippen LogP contribution in [0.5, 0.6) is 5.75 Å². The van der Waals surface area contributed by atoms with Crippen LogP contribution in [-0.2, 0) is 4.79 Å². The maximum absolute atomic E-state index is 11.2. The highest BCUT2D eigenvalue weighted by Gasteiger charge is 2.10. The lowest BCUT2D eigenvalue weighted by molar-refractivity contribution is -0.110. The number of allylic oxidation sites excluding steroid dienone is 3. The van der Waals surface area contributed by atoms with Crippen molar-refractivity contribution in [2.45, 2.75) is 6.92 Å². The van der Waals surface area contributed by atoms with Gasteiger partial charge in [-0.2, -0.15) is 0 Å². The van der Waals surface area contributed by atoms with Gasteiger partial charge in [-0.15, -0.1) is 0 Å². The lowest BCUT2D eigenvalue weighted by Gasteiger charge is -2.12. The molecule has 2 nitrogen and oxygen atoms in total. The zero-order valence-electron chi connectivity index (χ0n) is 9.07. The van der Waals surface area contributed by atoms with Gasteiger partial charge in [0, 0.05) is 11.6 Å². The highest BCUT2D eigenvalue weighted by molar-refractivity contribution is 6.02. The topological polar surface area (TPSA) is 26.3 Å². The van der Waals surface area contributed by atoms with Crippen LogP contribution in [0.2, 0.25) is 0 Å². The van der Waals surface area contributed by atoms with Crippen LogP contribution in [0.15, 0.2) is 60.4 Å². The molecule has 0 saturated carbocycles. The standard InChI is InChI=1S/C14H12O2/c1-10-4-3-5-13(8-10)16-14-9-12(15)7-6-11(14)2/h3-9H,2H2,1H3. The number of carbonyl (C=O) groups excluding carboxylic acids is 1. The van der Waals surface area contributed by atoms with Crippen molar-refractivity contribution in [1.29, 1.82) is 0 Å². The summed E-state index contributed by atoms with van der Waals surface area (Å²) < 4.78 is 5.61. The summed E-state index contributed by atoms with van der Waals surface area (Å²) >= 11 is 0. The average Bonchev–Trinajstić information content (AvgIpc) is 2.24. The molecule has 0 aromatic heterocycles. The minimum Gasteiger partial charge on any atom is -0.457 e. The molecule has 0 atom stereocenters. The van der Waals surface area contributed by atoms with Gasteiger partial charge in [0.1, 0.15) is 11.5 Å². The SMILES string of the molecule is C=C1C=CC(=O)C=C1Oc1cccc(C)c1. The van der Waals surface area contributed by atoms with Gasteiger partial charge in [-0.05, 0) is 36.8 Å². The van der Waals surface area contributed by atoms with Crippen LogP contribution in [0.25, 0.3) is 0 Å². The van der Waals surface area contributed by atoms with Gasteiger partial charge in [0.15, 0.2) is 5.78 Å². The van der Waals surface area contributed by atoms with E-state index in [9.17, 15) is 4.79 Å².